The molecular formula is C46H42N6O7. The summed E-state index contributed by atoms with van der Waals surface area (Å²) in [6, 6.07) is 33.4. The number of rotatable bonds is 11. The van der Waals surface area contributed by atoms with E-state index in [-0.39, 0.29) is 26.3 Å². The molecule has 298 valence electrons. The molecule has 0 radical (unpaired) electrons. The van der Waals surface area contributed by atoms with Crippen LogP contribution in [0.15, 0.2) is 128 Å². The number of carbonyl (C=O) groups is 4. The number of aliphatic hydroxyl groups is 1. The van der Waals surface area contributed by atoms with Crippen LogP contribution in [0.1, 0.15) is 51.7 Å². The Bertz CT molecular complexity index is 2420. The van der Waals surface area contributed by atoms with E-state index in [9.17, 15) is 14.7 Å². The van der Waals surface area contributed by atoms with E-state index >= 15 is 9.59 Å². The first-order chi connectivity index (χ1) is 28.8. The lowest BCUT2D eigenvalue weighted by atomic mass is 9.65. The molecule has 2 saturated heterocycles. The number of hydrogen-bond donors (Lipinski definition) is 5. The molecule has 13 nitrogen and oxygen atoms in total. The molecule has 5 aromatic rings. The fraction of sp³-hybridized carbons (Fsp3) is 0.239. The van der Waals surface area contributed by atoms with E-state index in [4.69, 9.17) is 15.2 Å². The number of nitrogens with one attached hydrogen (secondary N) is 3. The third kappa shape index (κ3) is 7.36. The Balaban J connectivity index is 1.37. The van der Waals surface area contributed by atoms with Crippen LogP contribution in [0.4, 0.5) is 10.5 Å². The Hall–Kier alpha value is -7.01. The number of hydrogen-bond acceptors (Lipinski definition) is 9. The van der Waals surface area contributed by atoms with E-state index < -0.39 is 59.4 Å². The Morgan fingerprint density at radius 2 is 1.63 bits per heavy atom. The van der Waals surface area contributed by atoms with E-state index in [1.807, 2.05) is 89.8 Å². The third-order valence-electron chi connectivity index (χ3n) is 11.1. The summed E-state index contributed by atoms with van der Waals surface area (Å²) in [4.78, 5) is 63.3. The van der Waals surface area contributed by atoms with Crippen molar-refractivity contribution >= 4 is 29.5 Å². The number of anilines is 1. The molecule has 1 aromatic heterocycles. The van der Waals surface area contributed by atoms with Gasteiger partial charge in [-0.15, -0.1) is 0 Å². The Labute approximate surface area is 340 Å². The van der Waals surface area contributed by atoms with Crippen molar-refractivity contribution < 1.29 is 33.8 Å². The maximum absolute atomic E-state index is 15.4. The zero-order valence-electron chi connectivity index (χ0n) is 31.9. The largest absolute Gasteiger partial charge is 0.491 e. The van der Waals surface area contributed by atoms with Crippen LogP contribution in [0.5, 0.6) is 5.75 Å². The van der Waals surface area contributed by atoms with Gasteiger partial charge in [-0.25, -0.2) is 4.79 Å². The van der Waals surface area contributed by atoms with Crippen LogP contribution in [-0.2, 0) is 31.0 Å². The molecule has 8 rings (SSSR count). The third-order valence-corrected chi connectivity index (χ3v) is 11.1. The lowest BCUT2D eigenvalue weighted by Crippen LogP contribution is -2.55. The van der Waals surface area contributed by atoms with E-state index in [1.54, 1.807) is 42.6 Å². The summed E-state index contributed by atoms with van der Waals surface area (Å²) in [6.45, 7) is -0.0265. The standard InChI is InChI=1S/C46H42N6O7/c47-45(57)50-23-10-11-29-19-20-36-35(27-29)46(44(56)51-36)37(42(54)49-24-21-33-17-7-8-22-48-33)39-43(55)59-40(31-14-5-2-6-15-31)38(30-12-3-1-4-13-30)52(39)41(46)32-16-9-18-34(28-32)58-26-25-53/h1-9,12-20,22,27-28,37-41,53H,21,23-26H2,(H,49,54)(H,51,56)(H3,47,50,57)/t37-,38-,39-,40+,41+,46-/m1/s1. The zero-order valence-corrected chi connectivity index (χ0v) is 31.9. The van der Waals surface area contributed by atoms with Crippen molar-refractivity contribution in [3.8, 4) is 17.6 Å². The monoisotopic (exact) mass is 790 g/mol. The fourth-order valence-corrected chi connectivity index (χ4v) is 8.86. The zero-order chi connectivity index (χ0) is 40.9. The highest BCUT2D eigenvalue weighted by Gasteiger charge is 2.74. The van der Waals surface area contributed by atoms with Gasteiger partial charge in [-0.05, 0) is 64.7 Å². The van der Waals surface area contributed by atoms with Crippen molar-refractivity contribution in [3.63, 3.8) is 0 Å². The van der Waals surface area contributed by atoms with Crippen molar-refractivity contribution in [2.24, 2.45) is 11.7 Å². The van der Waals surface area contributed by atoms with Crippen LogP contribution in [0.25, 0.3) is 0 Å². The quantitative estimate of drug-likeness (QED) is 0.0971. The Morgan fingerprint density at radius 3 is 2.36 bits per heavy atom. The van der Waals surface area contributed by atoms with E-state index in [0.717, 1.165) is 16.8 Å². The number of benzene rings is 4. The maximum Gasteiger partial charge on any atom is 0.324 e. The van der Waals surface area contributed by atoms with Gasteiger partial charge in [0.2, 0.25) is 11.8 Å². The van der Waals surface area contributed by atoms with Gasteiger partial charge < -0.3 is 36.3 Å². The minimum atomic E-state index is -1.74. The Morgan fingerprint density at radius 1 is 0.881 bits per heavy atom. The highest BCUT2D eigenvalue weighted by molar-refractivity contribution is 6.12. The van der Waals surface area contributed by atoms with E-state index in [1.165, 1.54) is 0 Å². The normalized spacial score (nSPS) is 22.9. The van der Waals surface area contributed by atoms with Crippen LogP contribution in [0, 0.1) is 17.8 Å². The number of morpholine rings is 1. The van der Waals surface area contributed by atoms with Gasteiger partial charge in [-0.1, -0.05) is 90.7 Å². The summed E-state index contributed by atoms with van der Waals surface area (Å²) in [6.07, 6.45) is 1.25. The van der Waals surface area contributed by atoms with Crippen LogP contribution in [0.3, 0.4) is 0 Å². The topological polar surface area (TPSA) is 185 Å². The van der Waals surface area contributed by atoms with Crippen LogP contribution in [-0.4, -0.2) is 71.2 Å². The molecule has 4 amide bonds. The smallest absolute Gasteiger partial charge is 0.324 e. The first-order valence-corrected chi connectivity index (χ1v) is 19.4. The highest BCUT2D eigenvalue weighted by Crippen LogP contribution is 2.65. The molecule has 3 aliphatic rings. The summed E-state index contributed by atoms with van der Waals surface area (Å²) in [5.41, 5.74) is 7.86. The molecule has 13 heteroatoms. The molecule has 1 spiro atoms. The number of ether oxygens (including phenoxy) is 2. The second-order valence-electron chi connectivity index (χ2n) is 14.5. The number of nitrogens with two attached hydrogens (primary N) is 1. The molecular weight excluding hydrogens is 749 g/mol. The second-order valence-corrected chi connectivity index (χ2v) is 14.5. The molecule has 0 bridgehead atoms. The van der Waals surface area contributed by atoms with Gasteiger partial charge >= 0.3 is 12.0 Å². The summed E-state index contributed by atoms with van der Waals surface area (Å²) in [5, 5.41) is 18.3. The minimum absolute atomic E-state index is 0.0133. The average Bonchev–Trinajstić information content (AvgIpc) is 3.74. The van der Waals surface area contributed by atoms with Gasteiger partial charge in [0.25, 0.3) is 0 Å². The number of aromatic nitrogens is 1. The average molecular weight is 791 g/mol. The van der Waals surface area contributed by atoms with Crippen molar-refractivity contribution in [2.75, 3.05) is 31.6 Å². The number of nitrogens with zero attached hydrogens (tertiary/aromatic N) is 2. The van der Waals surface area contributed by atoms with Gasteiger partial charge in [0.1, 0.15) is 29.9 Å². The lowest BCUT2D eigenvalue weighted by Gasteiger charge is -2.46. The number of urea groups is 1. The van der Waals surface area contributed by atoms with Crippen molar-refractivity contribution in [1.29, 1.82) is 0 Å². The molecule has 4 heterocycles. The van der Waals surface area contributed by atoms with E-state index in [2.05, 4.69) is 32.8 Å². The number of esters is 1. The molecule has 6 N–H and O–H groups in total. The first-order valence-electron chi connectivity index (χ1n) is 19.4. The Kier molecular flexibility index (Phi) is 11.1. The number of amides is 4. The van der Waals surface area contributed by atoms with Crippen LogP contribution < -0.4 is 26.4 Å². The van der Waals surface area contributed by atoms with Crippen LogP contribution >= 0.6 is 0 Å². The number of aliphatic hydroxyl groups excluding tert-OH is 1. The lowest BCUT2D eigenvalue weighted by molar-refractivity contribution is -0.178. The van der Waals surface area contributed by atoms with Gasteiger partial charge in [0.15, 0.2) is 0 Å². The van der Waals surface area contributed by atoms with Gasteiger partial charge in [-0.3, -0.25) is 24.3 Å². The first kappa shape index (κ1) is 38.8. The highest BCUT2D eigenvalue weighted by atomic mass is 16.6. The SMILES string of the molecule is NC(=O)NCC#Cc1ccc2c(c1)[C@]1(C(=O)N2)[C@H](c2cccc(OCCO)c2)N2[C@H](c3ccccc3)[C@H](c3ccccc3)OC(=O)[C@H]2[C@@H]1C(=O)NCCc1ccccn1. The molecule has 2 fully saturated rings. The molecule has 0 aliphatic carbocycles. The van der Waals surface area contributed by atoms with E-state index in [0.29, 0.717) is 34.5 Å². The minimum Gasteiger partial charge on any atom is -0.491 e. The summed E-state index contributed by atoms with van der Waals surface area (Å²) >= 11 is 0. The molecule has 6 atom stereocenters. The predicted molar refractivity (Wildman–Crippen MR) is 218 cm³/mol. The molecule has 0 unspecified atom stereocenters. The van der Waals surface area contributed by atoms with Gasteiger partial charge in [-0.2, -0.15) is 0 Å². The second kappa shape index (κ2) is 16.8. The molecule has 0 saturated carbocycles. The van der Waals surface area contributed by atoms with Gasteiger partial charge in [0, 0.05) is 36.1 Å². The molecule has 4 aromatic carbocycles. The fourth-order valence-electron chi connectivity index (χ4n) is 8.86. The van der Waals surface area contributed by atoms with Crippen molar-refractivity contribution in [3.05, 3.63) is 161 Å². The van der Waals surface area contributed by atoms with Crippen LogP contribution in [0.2, 0.25) is 0 Å². The van der Waals surface area contributed by atoms with Crippen molar-refractivity contribution in [1.82, 2.24) is 20.5 Å². The summed E-state index contributed by atoms with van der Waals surface area (Å²) < 4.78 is 12.4. The number of cyclic esters (lactones) is 1. The van der Waals surface area contributed by atoms with Gasteiger partial charge in [0.05, 0.1) is 31.2 Å². The summed E-state index contributed by atoms with van der Waals surface area (Å²) in [5.74, 6) is 3.41. The predicted octanol–water partition coefficient (Wildman–Crippen LogP) is 4.10. The number of fused-ring (bicyclic) bond motifs is 3. The number of carbonyl (C=O) groups excluding carboxylic acids is 4. The number of primary amides is 1. The maximum atomic E-state index is 15.4. The summed E-state index contributed by atoms with van der Waals surface area (Å²) in [7, 11) is 0. The molecule has 59 heavy (non-hydrogen) atoms. The molecule has 3 aliphatic heterocycles. The number of pyridine rings is 1. The van der Waals surface area contributed by atoms with Crippen molar-refractivity contribution in [2.45, 2.75) is 36.1 Å².